The normalized spacial score (nSPS) is 14.9. The SMILES string of the molecule is CC(C)n1nc(Br)c2c(NCc3ccc(C4CNC4)cc3)ncnc21. The van der Waals surface area contributed by atoms with E-state index < -0.39 is 0 Å². The number of aromatic nitrogens is 4. The maximum atomic E-state index is 4.54. The molecule has 4 rings (SSSR count). The molecule has 7 heteroatoms. The Morgan fingerprint density at radius 1 is 1.24 bits per heavy atom. The molecule has 2 aromatic heterocycles. The van der Waals surface area contributed by atoms with Gasteiger partial charge in [0.2, 0.25) is 0 Å². The van der Waals surface area contributed by atoms with Gasteiger partial charge in [-0.15, -0.1) is 0 Å². The molecule has 0 atom stereocenters. The highest BCUT2D eigenvalue weighted by atomic mass is 79.9. The molecule has 1 aromatic carbocycles. The van der Waals surface area contributed by atoms with Crippen LogP contribution >= 0.6 is 15.9 Å². The Bertz CT molecular complexity index is 882. The van der Waals surface area contributed by atoms with Crippen molar-refractivity contribution in [2.45, 2.75) is 32.4 Å². The van der Waals surface area contributed by atoms with Crippen LogP contribution in [0.15, 0.2) is 35.2 Å². The summed E-state index contributed by atoms with van der Waals surface area (Å²) >= 11 is 3.55. The highest BCUT2D eigenvalue weighted by Crippen LogP contribution is 2.29. The van der Waals surface area contributed by atoms with E-state index in [1.807, 2.05) is 4.68 Å². The monoisotopic (exact) mass is 400 g/mol. The molecule has 3 heterocycles. The first kappa shape index (κ1) is 16.5. The Kier molecular flexibility index (Phi) is 4.43. The van der Waals surface area contributed by atoms with Gasteiger partial charge in [-0.25, -0.2) is 14.6 Å². The van der Waals surface area contributed by atoms with Crippen LogP contribution in [-0.4, -0.2) is 32.8 Å². The fraction of sp³-hybridized carbons (Fsp3) is 0.389. The molecule has 0 radical (unpaired) electrons. The molecule has 3 aromatic rings. The van der Waals surface area contributed by atoms with E-state index in [1.54, 1.807) is 6.33 Å². The lowest BCUT2D eigenvalue weighted by molar-refractivity contribution is 0.448. The van der Waals surface area contributed by atoms with Crippen LogP contribution < -0.4 is 10.6 Å². The van der Waals surface area contributed by atoms with Gasteiger partial charge in [0.15, 0.2) is 5.65 Å². The lowest BCUT2D eigenvalue weighted by Crippen LogP contribution is -2.39. The van der Waals surface area contributed by atoms with E-state index in [1.165, 1.54) is 11.1 Å². The van der Waals surface area contributed by atoms with Crippen molar-refractivity contribution in [2.75, 3.05) is 18.4 Å². The summed E-state index contributed by atoms with van der Waals surface area (Å²) in [5, 5.41) is 12.2. The van der Waals surface area contributed by atoms with E-state index in [2.05, 4.69) is 79.7 Å². The Balaban J connectivity index is 1.54. The number of nitrogens with one attached hydrogen (secondary N) is 2. The lowest BCUT2D eigenvalue weighted by atomic mass is 9.93. The molecule has 0 saturated carbocycles. The summed E-state index contributed by atoms with van der Waals surface area (Å²) in [7, 11) is 0. The quantitative estimate of drug-likeness (QED) is 0.686. The molecule has 1 saturated heterocycles. The molecule has 0 bridgehead atoms. The third kappa shape index (κ3) is 3.14. The number of hydrogen-bond acceptors (Lipinski definition) is 5. The molecule has 1 aliphatic rings. The van der Waals surface area contributed by atoms with Crippen molar-refractivity contribution in [3.63, 3.8) is 0 Å². The zero-order chi connectivity index (χ0) is 17.4. The molecule has 6 nitrogen and oxygen atoms in total. The van der Waals surface area contributed by atoms with Gasteiger partial charge in [0.25, 0.3) is 0 Å². The summed E-state index contributed by atoms with van der Waals surface area (Å²) in [6.45, 7) is 7.07. The second-order valence-electron chi connectivity index (χ2n) is 6.70. The predicted octanol–water partition coefficient (Wildman–Crippen LogP) is 3.47. The number of nitrogens with zero attached hydrogens (tertiary/aromatic N) is 4. The number of fused-ring (bicyclic) bond motifs is 1. The van der Waals surface area contributed by atoms with Crippen molar-refractivity contribution in [3.05, 3.63) is 46.3 Å². The maximum Gasteiger partial charge on any atom is 0.164 e. The van der Waals surface area contributed by atoms with Crippen LogP contribution in [0.1, 0.15) is 36.9 Å². The van der Waals surface area contributed by atoms with Crippen LogP contribution in [0.3, 0.4) is 0 Å². The van der Waals surface area contributed by atoms with Crippen molar-refractivity contribution in [2.24, 2.45) is 0 Å². The van der Waals surface area contributed by atoms with E-state index in [0.717, 1.165) is 34.5 Å². The average Bonchev–Trinajstić information content (AvgIpc) is 2.91. The minimum atomic E-state index is 0.241. The lowest BCUT2D eigenvalue weighted by Gasteiger charge is -2.27. The molecule has 1 fully saturated rings. The fourth-order valence-electron chi connectivity index (χ4n) is 3.04. The minimum Gasteiger partial charge on any atom is -0.365 e. The Morgan fingerprint density at radius 2 is 2.00 bits per heavy atom. The molecular weight excluding hydrogens is 380 g/mol. The second-order valence-corrected chi connectivity index (χ2v) is 7.45. The van der Waals surface area contributed by atoms with Gasteiger partial charge in [0.1, 0.15) is 16.7 Å². The van der Waals surface area contributed by atoms with E-state index in [-0.39, 0.29) is 6.04 Å². The first-order valence-electron chi connectivity index (χ1n) is 8.55. The van der Waals surface area contributed by atoms with E-state index >= 15 is 0 Å². The second kappa shape index (κ2) is 6.72. The zero-order valence-electron chi connectivity index (χ0n) is 14.3. The summed E-state index contributed by atoms with van der Waals surface area (Å²) in [6.07, 6.45) is 1.59. The molecule has 2 N–H and O–H groups in total. The molecule has 25 heavy (non-hydrogen) atoms. The summed E-state index contributed by atoms with van der Waals surface area (Å²) < 4.78 is 2.68. The number of rotatable bonds is 5. The number of hydrogen-bond donors (Lipinski definition) is 2. The van der Waals surface area contributed by atoms with Crippen LogP contribution in [0.2, 0.25) is 0 Å². The van der Waals surface area contributed by atoms with Crippen molar-refractivity contribution in [3.8, 4) is 0 Å². The van der Waals surface area contributed by atoms with Gasteiger partial charge in [-0.1, -0.05) is 24.3 Å². The minimum absolute atomic E-state index is 0.241. The standard InChI is InChI=1S/C18H21BrN6/c1-11(2)25-18-15(16(19)24-25)17(22-10-23-18)21-7-12-3-5-13(6-4-12)14-8-20-9-14/h3-6,10-11,14,20H,7-9H2,1-2H3,(H,21,22,23). The van der Waals surface area contributed by atoms with Gasteiger partial charge in [-0.3, -0.25) is 0 Å². The molecule has 130 valence electrons. The highest BCUT2D eigenvalue weighted by Gasteiger charge is 2.19. The van der Waals surface area contributed by atoms with Crippen LogP contribution in [0.5, 0.6) is 0 Å². The number of anilines is 1. The van der Waals surface area contributed by atoms with Crippen molar-refractivity contribution < 1.29 is 0 Å². The predicted molar refractivity (Wildman–Crippen MR) is 103 cm³/mol. The van der Waals surface area contributed by atoms with Gasteiger partial charge < -0.3 is 10.6 Å². The van der Waals surface area contributed by atoms with E-state index in [0.29, 0.717) is 12.5 Å². The molecular formula is C18H21BrN6. The van der Waals surface area contributed by atoms with Crippen molar-refractivity contribution in [1.29, 1.82) is 0 Å². The smallest absolute Gasteiger partial charge is 0.164 e. The molecule has 0 spiro atoms. The molecule has 0 amide bonds. The first-order chi connectivity index (χ1) is 12.1. The van der Waals surface area contributed by atoms with Gasteiger partial charge in [0.05, 0.1) is 5.39 Å². The van der Waals surface area contributed by atoms with Crippen LogP contribution in [-0.2, 0) is 6.54 Å². The Labute approximate surface area is 155 Å². The van der Waals surface area contributed by atoms with Crippen LogP contribution in [0.25, 0.3) is 11.0 Å². The maximum absolute atomic E-state index is 4.54. The summed E-state index contributed by atoms with van der Waals surface area (Å²) in [5.41, 5.74) is 3.48. The zero-order valence-corrected chi connectivity index (χ0v) is 15.9. The van der Waals surface area contributed by atoms with E-state index in [9.17, 15) is 0 Å². The Morgan fingerprint density at radius 3 is 2.64 bits per heavy atom. The van der Waals surface area contributed by atoms with Gasteiger partial charge in [-0.2, -0.15) is 5.10 Å². The largest absolute Gasteiger partial charge is 0.365 e. The average molecular weight is 401 g/mol. The number of benzene rings is 1. The fourth-order valence-corrected chi connectivity index (χ4v) is 3.58. The molecule has 0 aliphatic carbocycles. The third-order valence-electron chi connectivity index (χ3n) is 4.63. The van der Waals surface area contributed by atoms with E-state index in [4.69, 9.17) is 0 Å². The van der Waals surface area contributed by atoms with Gasteiger partial charge >= 0.3 is 0 Å². The topological polar surface area (TPSA) is 67.7 Å². The summed E-state index contributed by atoms with van der Waals surface area (Å²) in [4.78, 5) is 8.81. The first-order valence-corrected chi connectivity index (χ1v) is 9.35. The van der Waals surface area contributed by atoms with Crippen molar-refractivity contribution >= 4 is 32.8 Å². The number of halogens is 1. The summed E-state index contributed by atoms with van der Waals surface area (Å²) in [6, 6.07) is 9.07. The van der Waals surface area contributed by atoms with Crippen LogP contribution in [0, 0.1) is 0 Å². The van der Waals surface area contributed by atoms with Gasteiger partial charge in [-0.05, 0) is 40.9 Å². The molecule has 0 unspecified atom stereocenters. The van der Waals surface area contributed by atoms with Gasteiger partial charge in [0, 0.05) is 31.6 Å². The van der Waals surface area contributed by atoms with Crippen LogP contribution in [0.4, 0.5) is 5.82 Å². The molecule has 1 aliphatic heterocycles. The highest BCUT2D eigenvalue weighted by molar-refractivity contribution is 9.10. The third-order valence-corrected chi connectivity index (χ3v) is 5.18. The summed E-state index contributed by atoms with van der Waals surface area (Å²) in [5.74, 6) is 1.47. The van der Waals surface area contributed by atoms with Crippen molar-refractivity contribution in [1.82, 2.24) is 25.1 Å². The Hall–Kier alpha value is -1.99.